The first kappa shape index (κ1) is 26.9. The summed E-state index contributed by atoms with van der Waals surface area (Å²) < 4.78 is 6.87. The number of carbonyl (C=O) groups excluding carboxylic acids is 1. The first-order chi connectivity index (χ1) is 19.4. The molecule has 0 amide bonds. The molecule has 2 N–H and O–H groups in total. The summed E-state index contributed by atoms with van der Waals surface area (Å²) in [6.45, 7) is 3.85. The van der Waals surface area contributed by atoms with Crippen LogP contribution in [-0.4, -0.2) is 27.4 Å². The zero-order chi connectivity index (χ0) is 28.2. The lowest BCUT2D eigenvalue weighted by Gasteiger charge is -2.23. The molecule has 0 aliphatic heterocycles. The van der Waals surface area contributed by atoms with Crippen molar-refractivity contribution in [3.8, 4) is 11.4 Å². The third-order valence-corrected chi connectivity index (χ3v) is 6.97. The largest absolute Gasteiger partial charge is 0.497 e. The number of para-hydroxylation sites is 1. The Bertz CT molecular complexity index is 1740. The van der Waals surface area contributed by atoms with Crippen molar-refractivity contribution in [3.63, 3.8) is 0 Å². The fourth-order valence-corrected chi connectivity index (χ4v) is 4.94. The second-order valence-corrected chi connectivity index (χ2v) is 9.73. The Labute approximate surface area is 236 Å². The van der Waals surface area contributed by atoms with Crippen molar-refractivity contribution in [1.82, 2.24) is 14.5 Å². The molecule has 2 aromatic heterocycles. The van der Waals surface area contributed by atoms with Gasteiger partial charge in [-0.1, -0.05) is 54.1 Å². The van der Waals surface area contributed by atoms with Crippen molar-refractivity contribution in [2.45, 2.75) is 26.4 Å². The number of rotatable bonds is 9. The number of hydrogen-bond donors (Lipinski definition) is 2. The number of hydrogen-bond acceptors (Lipinski definition) is 7. The van der Waals surface area contributed by atoms with Crippen LogP contribution < -0.4 is 20.9 Å². The van der Waals surface area contributed by atoms with Gasteiger partial charge >= 0.3 is 0 Å². The number of anilines is 2. The molecule has 0 fully saturated rings. The Balaban J connectivity index is 1.53. The quantitative estimate of drug-likeness (QED) is 0.203. The van der Waals surface area contributed by atoms with Gasteiger partial charge in [0, 0.05) is 17.9 Å². The number of ketones is 1. The topological polar surface area (TPSA) is 98.1 Å². The van der Waals surface area contributed by atoms with Crippen molar-refractivity contribution < 1.29 is 9.53 Å². The van der Waals surface area contributed by atoms with E-state index in [9.17, 15) is 9.59 Å². The van der Waals surface area contributed by atoms with Crippen molar-refractivity contribution in [3.05, 3.63) is 117 Å². The van der Waals surface area contributed by atoms with Gasteiger partial charge in [-0.25, -0.2) is 9.97 Å². The molecule has 9 heteroatoms. The second kappa shape index (κ2) is 11.6. The second-order valence-electron chi connectivity index (χ2n) is 9.32. The van der Waals surface area contributed by atoms with Gasteiger partial charge in [0.2, 0.25) is 0 Å². The molecule has 0 spiro atoms. The van der Waals surface area contributed by atoms with Gasteiger partial charge in [0.05, 0.1) is 23.6 Å². The van der Waals surface area contributed by atoms with Crippen LogP contribution in [0.5, 0.6) is 5.75 Å². The zero-order valence-corrected chi connectivity index (χ0v) is 23.1. The summed E-state index contributed by atoms with van der Waals surface area (Å²) in [5.74, 6) is 1.35. The molecule has 0 aliphatic rings. The average molecular weight is 554 g/mol. The lowest BCUT2D eigenvalue weighted by atomic mass is 10.1. The van der Waals surface area contributed by atoms with Crippen LogP contribution in [0.1, 0.15) is 41.5 Å². The number of halogens is 1. The number of nitrogens with zero attached hydrogens (tertiary/aromatic N) is 3. The number of benzene rings is 3. The van der Waals surface area contributed by atoms with Crippen molar-refractivity contribution in [1.29, 1.82) is 0 Å². The van der Waals surface area contributed by atoms with E-state index >= 15 is 0 Å². The van der Waals surface area contributed by atoms with Crippen LogP contribution in [0.2, 0.25) is 5.02 Å². The first-order valence-corrected chi connectivity index (χ1v) is 13.1. The van der Waals surface area contributed by atoms with E-state index in [0.717, 1.165) is 16.7 Å². The molecule has 0 aliphatic carbocycles. The van der Waals surface area contributed by atoms with Gasteiger partial charge in [0.25, 0.3) is 5.56 Å². The molecule has 2 heterocycles. The molecule has 5 rings (SSSR count). The van der Waals surface area contributed by atoms with E-state index in [1.165, 1.54) is 13.3 Å². The summed E-state index contributed by atoms with van der Waals surface area (Å²) in [6.07, 6.45) is 1.41. The number of nitrogens with one attached hydrogen (secondary N) is 2. The summed E-state index contributed by atoms with van der Waals surface area (Å²) in [5.41, 5.74) is 2.49. The summed E-state index contributed by atoms with van der Waals surface area (Å²) in [5, 5.41) is 8.17. The minimum absolute atomic E-state index is 0.196. The predicted octanol–water partition coefficient (Wildman–Crippen LogP) is 6.43. The Hall–Kier alpha value is -4.69. The molecule has 40 heavy (non-hydrogen) atoms. The van der Waals surface area contributed by atoms with Gasteiger partial charge in [0.15, 0.2) is 5.78 Å². The Kier molecular flexibility index (Phi) is 7.79. The normalized spacial score (nSPS) is 11.7. The molecular weight excluding hydrogens is 526 g/mol. The number of ether oxygens (including phenoxy) is 1. The monoisotopic (exact) mass is 553 g/mol. The Morgan fingerprint density at radius 2 is 1.73 bits per heavy atom. The molecule has 0 saturated heterocycles. The van der Waals surface area contributed by atoms with E-state index in [1.54, 1.807) is 17.7 Å². The van der Waals surface area contributed by atoms with Crippen molar-refractivity contribution in [2.75, 3.05) is 17.7 Å². The summed E-state index contributed by atoms with van der Waals surface area (Å²) in [4.78, 5) is 35.3. The molecule has 202 valence electrons. The maximum absolute atomic E-state index is 13.8. The number of carbonyl (C=O) groups is 1. The number of Topliss-reactive ketones (excluding diaryl/α,β-unsaturated/α-hetero) is 1. The lowest BCUT2D eigenvalue weighted by Crippen LogP contribution is -2.26. The van der Waals surface area contributed by atoms with Gasteiger partial charge in [-0.05, 0) is 61.2 Å². The van der Waals surface area contributed by atoms with Crippen LogP contribution in [-0.2, 0) is 6.54 Å². The minimum atomic E-state index is -0.418. The van der Waals surface area contributed by atoms with Gasteiger partial charge in [-0.2, -0.15) is 0 Å². The standard InChI is InChI=1S/C31H28ClN5O3/c1-19(26-16-22-8-7-11-25(32)28(22)31(39)37(26)23-9-5-4-6-10-23)36-30-27(20(2)38)29(34-18-35-30)33-17-21-12-14-24(40-3)15-13-21/h4-16,18-19H,17H2,1-3H3,(H2,33,34,35,36). The van der Waals surface area contributed by atoms with Crippen LogP contribution in [0.3, 0.4) is 0 Å². The van der Waals surface area contributed by atoms with Crippen LogP contribution >= 0.6 is 11.6 Å². The summed E-state index contributed by atoms with van der Waals surface area (Å²) in [7, 11) is 1.62. The fraction of sp³-hybridized carbons (Fsp3) is 0.161. The average Bonchev–Trinajstić information content (AvgIpc) is 2.96. The molecule has 0 radical (unpaired) electrons. The van der Waals surface area contributed by atoms with E-state index < -0.39 is 6.04 Å². The highest BCUT2D eigenvalue weighted by molar-refractivity contribution is 6.35. The lowest BCUT2D eigenvalue weighted by molar-refractivity contribution is 0.101. The Morgan fingerprint density at radius 3 is 2.42 bits per heavy atom. The molecule has 0 bridgehead atoms. The Morgan fingerprint density at radius 1 is 1.00 bits per heavy atom. The van der Waals surface area contributed by atoms with Crippen molar-refractivity contribution in [2.24, 2.45) is 0 Å². The van der Waals surface area contributed by atoms with Crippen LogP contribution in [0.25, 0.3) is 16.5 Å². The number of fused-ring (bicyclic) bond motifs is 1. The highest BCUT2D eigenvalue weighted by Gasteiger charge is 2.22. The number of aromatic nitrogens is 3. The highest BCUT2D eigenvalue weighted by atomic mass is 35.5. The third kappa shape index (κ3) is 5.39. The first-order valence-electron chi connectivity index (χ1n) is 12.8. The molecule has 0 saturated carbocycles. The minimum Gasteiger partial charge on any atom is -0.497 e. The maximum Gasteiger partial charge on any atom is 0.264 e. The van der Waals surface area contributed by atoms with Crippen LogP contribution in [0, 0.1) is 0 Å². The van der Waals surface area contributed by atoms with E-state index in [0.29, 0.717) is 45.5 Å². The molecule has 3 aromatic carbocycles. The predicted molar refractivity (Wildman–Crippen MR) is 159 cm³/mol. The molecule has 8 nitrogen and oxygen atoms in total. The number of methoxy groups -OCH3 is 1. The van der Waals surface area contributed by atoms with E-state index in [-0.39, 0.29) is 11.3 Å². The molecule has 1 unspecified atom stereocenters. The van der Waals surface area contributed by atoms with Gasteiger partial charge in [-0.3, -0.25) is 14.2 Å². The highest BCUT2D eigenvalue weighted by Crippen LogP contribution is 2.29. The number of pyridine rings is 1. The summed E-state index contributed by atoms with van der Waals surface area (Å²) >= 11 is 6.45. The SMILES string of the molecule is COc1ccc(CNc2ncnc(NC(C)c3cc4cccc(Cl)c4c(=O)n3-c3ccccc3)c2C(C)=O)cc1. The van der Waals surface area contributed by atoms with E-state index in [2.05, 4.69) is 20.6 Å². The zero-order valence-electron chi connectivity index (χ0n) is 22.3. The van der Waals surface area contributed by atoms with Gasteiger partial charge < -0.3 is 15.4 Å². The maximum atomic E-state index is 13.8. The van der Waals surface area contributed by atoms with E-state index in [4.69, 9.17) is 16.3 Å². The molecular formula is C31H28ClN5O3. The van der Waals surface area contributed by atoms with Gasteiger partial charge in [0.1, 0.15) is 29.3 Å². The smallest absolute Gasteiger partial charge is 0.264 e. The fourth-order valence-electron chi connectivity index (χ4n) is 4.67. The van der Waals surface area contributed by atoms with Crippen LogP contribution in [0.15, 0.2) is 90.0 Å². The third-order valence-electron chi connectivity index (χ3n) is 6.65. The van der Waals surface area contributed by atoms with Crippen LogP contribution in [0.4, 0.5) is 11.6 Å². The summed E-state index contributed by atoms with van der Waals surface area (Å²) in [6, 6.07) is 23.9. The van der Waals surface area contributed by atoms with Crippen molar-refractivity contribution >= 4 is 39.8 Å². The van der Waals surface area contributed by atoms with E-state index in [1.807, 2.05) is 79.7 Å². The van der Waals surface area contributed by atoms with Gasteiger partial charge in [-0.15, -0.1) is 0 Å². The molecule has 5 aromatic rings. The molecule has 1 atom stereocenters.